The maximum absolute atomic E-state index is 11.0. The molecule has 1 aliphatic heterocycles. The van der Waals surface area contributed by atoms with Crippen LogP contribution in [0.25, 0.3) is 17.1 Å². The van der Waals surface area contributed by atoms with Crippen LogP contribution in [0, 0.1) is 0 Å². The topological polar surface area (TPSA) is 51.5 Å². The second kappa shape index (κ2) is 2.63. The average Bonchev–Trinajstić information content (AvgIpc) is 2.61. The Morgan fingerprint density at radius 2 is 2.27 bits per heavy atom. The van der Waals surface area contributed by atoms with E-state index in [9.17, 15) is 4.79 Å². The van der Waals surface area contributed by atoms with Crippen molar-refractivity contribution in [3.63, 3.8) is 0 Å². The summed E-state index contributed by atoms with van der Waals surface area (Å²) >= 11 is 0. The zero-order valence-electron chi connectivity index (χ0n) is 7.68. The summed E-state index contributed by atoms with van der Waals surface area (Å²) in [4.78, 5) is 11.0. The molecule has 0 unspecified atom stereocenters. The molecule has 0 amide bonds. The lowest BCUT2D eigenvalue weighted by molar-refractivity contribution is 0.0689. The summed E-state index contributed by atoms with van der Waals surface area (Å²) in [5, 5.41) is 9.89. The second-order valence-corrected chi connectivity index (χ2v) is 3.30. The lowest BCUT2D eigenvalue weighted by atomic mass is 10.2. The first-order valence-electron chi connectivity index (χ1n) is 4.48. The predicted molar refractivity (Wildman–Crippen MR) is 54.9 cm³/mol. The molecule has 0 aliphatic carbocycles. The highest BCUT2D eigenvalue weighted by Gasteiger charge is 2.17. The van der Waals surface area contributed by atoms with E-state index in [1.165, 1.54) is 6.26 Å². The number of para-hydroxylation sites is 1. The van der Waals surface area contributed by atoms with Crippen molar-refractivity contribution in [1.29, 1.82) is 0 Å². The normalized spacial score (nSPS) is 12.8. The van der Waals surface area contributed by atoms with Gasteiger partial charge in [0, 0.05) is 11.6 Å². The number of carboxylic acids is 1. The molecule has 2 aromatic rings. The summed E-state index contributed by atoms with van der Waals surface area (Å²) in [6.07, 6.45) is 3.09. The van der Waals surface area contributed by atoms with Gasteiger partial charge >= 0.3 is 5.97 Å². The molecule has 2 heterocycles. The van der Waals surface area contributed by atoms with Crippen LogP contribution in [0.3, 0.4) is 0 Å². The molecule has 0 fully saturated rings. The van der Waals surface area contributed by atoms with E-state index < -0.39 is 5.97 Å². The predicted octanol–water partition coefficient (Wildman–Crippen LogP) is 2.16. The molecular formula is C11H7NO3. The molecule has 4 nitrogen and oxygen atoms in total. The smallest absolute Gasteiger partial charge is 0.352 e. The van der Waals surface area contributed by atoms with Crippen LogP contribution in [-0.4, -0.2) is 15.6 Å². The highest BCUT2D eigenvalue weighted by atomic mass is 16.5. The lowest BCUT2D eigenvalue weighted by Crippen LogP contribution is -2.05. The number of carboxylic acid groups (broad SMARTS) is 1. The van der Waals surface area contributed by atoms with Gasteiger partial charge in [0.15, 0.2) is 5.75 Å². The molecule has 0 saturated carbocycles. The number of benzene rings is 1. The fourth-order valence-electron chi connectivity index (χ4n) is 1.83. The molecule has 1 aromatic heterocycles. The van der Waals surface area contributed by atoms with Crippen LogP contribution >= 0.6 is 0 Å². The molecule has 1 N–H and O–H groups in total. The van der Waals surface area contributed by atoms with Gasteiger partial charge in [-0.25, -0.2) is 4.79 Å². The zero-order chi connectivity index (χ0) is 10.4. The fraction of sp³-hybridized carbons (Fsp3) is 0. The maximum Gasteiger partial charge on any atom is 0.352 e. The van der Waals surface area contributed by atoms with Crippen LogP contribution < -0.4 is 4.74 Å². The minimum atomic E-state index is -0.941. The van der Waals surface area contributed by atoms with Gasteiger partial charge in [-0.15, -0.1) is 0 Å². The Hall–Kier alpha value is -2.23. The van der Waals surface area contributed by atoms with Crippen molar-refractivity contribution in [3.05, 3.63) is 36.2 Å². The Morgan fingerprint density at radius 3 is 3.07 bits per heavy atom. The quantitative estimate of drug-likeness (QED) is 0.769. The molecule has 0 atom stereocenters. The lowest BCUT2D eigenvalue weighted by Gasteiger charge is -2.11. The maximum atomic E-state index is 11.0. The summed E-state index contributed by atoms with van der Waals surface area (Å²) in [6, 6.07) is 7.16. The summed E-state index contributed by atoms with van der Waals surface area (Å²) in [7, 11) is 0. The average molecular weight is 201 g/mol. The van der Waals surface area contributed by atoms with Crippen molar-refractivity contribution in [1.82, 2.24) is 4.57 Å². The van der Waals surface area contributed by atoms with E-state index in [0.29, 0.717) is 5.75 Å². The molecule has 0 bridgehead atoms. The minimum Gasteiger partial charge on any atom is -0.477 e. The first-order valence-corrected chi connectivity index (χ1v) is 4.48. The van der Waals surface area contributed by atoms with Crippen molar-refractivity contribution in [2.24, 2.45) is 0 Å². The van der Waals surface area contributed by atoms with Gasteiger partial charge in [-0.3, -0.25) is 0 Å². The van der Waals surface area contributed by atoms with Crippen LogP contribution in [0.2, 0.25) is 0 Å². The van der Waals surface area contributed by atoms with Gasteiger partial charge in [0.1, 0.15) is 12.0 Å². The van der Waals surface area contributed by atoms with Gasteiger partial charge in [0.25, 0.3) is 0 Å². The van der Waals surface area contributed by atoms with Gasteiger partial charge in [-0.2, -0.15) is 0 Å². The van der Waals surface area contributed by atoms with Crippen molar-refractivity contribution in [2.75, 3.05) is 0 Å². The number of aromatic carboxylic acids is 1. The first-order chi connectivity index (χ1) is 7.27. The summed E-state index contributed by atoms with van der Waals surface area (Å²) in [6.45, 7) is 0. The first kappa shape index (κ1) is 8.11. The number of aromatic nitrogens is 1. The van der Waals surface area contributed by atoms with Gasteiger partial charge in [0.05, 0.1) is 5.52 Å². The number of rotatable bonds is 1. The Bertz CT molecular complexity index is 595. The van der Waals surface area contributed by atoms with Crippen molar-refractivity contribution in [2.45, 2.75) is 0 Å². The van der Waals surface area contributed by atoms with Crippen molar-refractivity contribution >= 4 is 23.1 Å². The molecule has 15 heavy (non-hydrogen) atoms. The third-order valence-corrected chi connectivity index (χ3v) is 2.45. The third-order valence-electron chi connectivity index (χ3n) is 2.45. The number of hydrogen-bond acceptors (Lipinski definition) is 2. The number of nitrogens with zero attached hydrogens (tertiary/aromatic N) is 1. The molecule has 74 valence electrons. The summed E-state index contributed by atoms with van der Waals surface area (Å²) in [5.41, 5.74) is 1.05. The van der Waals surface area contributed by atoms with E-state index in [0.717, 1.165) is 10.9 Å². The molecule has 0 radical (unpaired) electrons. The minimum absolute atomic E-state index is 0.247. The second-order valence-electron chi connectivity index (χ2n) is 3.30. The highest BCUT2D eigenvalue weighted by Crippen LogP contribution is 2.31. The molecule has 1 aliphatic rings. The van der Waals surface area contributed by atoms with Gasteiger partial charge in [-0.1, -0.05) is 12.1 Å². The molecule has 0 saturated heterocycles. The summed E-state index contributed by atoms with van der Waals surface area (Å²) < 4.78 is 6.92. The van der Waals surface area contributed by atoms with Gasteiger partial charge in [0.2, 0.25) is 0 Å². The molecule has 1 aromatic carbocycles. The van der Waals surface area contributed by atoms with E-state index in [1.807, 2.05) is 18.2 Å². The van der Waals surface area contributed by atoms with Crippen LogP contribution in [0.5, 0.6) is 5.75 Å². The van der Waals surface area contributed by atoms with E-state index >= 15 is 0 Å². The zero-order valence-corrected chi connectivity index (χ0v) is 7.68. The van der Waals surface area contributed by atoms with E-state index in [2.05, 4.69) is 0 Å². The summed E-state index contributed by atoms with van der Waals surface area (Å²) in [5.74, 6) is -0.258. The monoisotopic (exact) mass is 201 g/mol. The Kier molecular flexibility index (Phi) is 1.42. The molecule has 4 heteroatoms. The standard InChI is InChI=1S/C11H7NO3/c13-11(14)8-6-7-2-1-3-9-10(7)12(8)4-5-15-9/h1-6H,(H,13,14). The molecule has 3 rings (SSSR count). The van der Waals surface area contributed by atoms with Crippen molar-refractivity contribution in [3.8, 4) is 5.75 Å². The van der Waals surface area contributed by atoms with Crippen LogP contribution in [-0.2, 0) is 0 Å². The van der Waals surface area contributed by atoms with Crippen LogP contribution in [0.15, 0.2) is 30.5 Å². The van der Waals surface area contributed by atoms with Gasteiger partial charge in [-0.05, 0) is 12.1 Å². The van der Waals surface area contributed by atoms with Crippen LogP contribution in [0.4, 0.5) is 0 Å². The van der Waals surface area contributed by atoms with Crippen LogP contribution in [0.1, 0.15) is 10.5 Å². The third kappa shape index (κ3) is 0.985. The van der Waals surface area contributed by atoms with E-state index in [1.54, 1.807) is 16.8 Å². The Labute approximate surface area is 85.0 Å². The highest BCUT2D eigenvalue weighted by molar-refractivity contribution is 5.98. The SMILES string of the molecule is O=C(O)c1cc2cccc3c2n1C=CO3. The fourth-order valence-corrected chi connectivity index (χ4v) is 1.83. The Balaban J connectivity index is 2.48. The molecule has 0 spiro atoms. The number of carbonyl (C=O) groups is 1. The van der Waals surface area contributed by atoms with Gasteiger partial charge < -0.3 is 14.4 Å². The molecular weight excluding hydrogens is 194 g/mol. The Morgan fingerprint density at radius 1 is 1.40 bits per heavy atom. The van der Waals surface area contributed by atoms with E-state index in [-0.39, 0.29) is 5.69 Å². The largest absolute Gasteiger partial charge is 0.477 e. The van der Waals surface area contributed by atoms with Crippen molar-refractivity contribution < 1.29 is 14.6 Å². The van der Waals surface area contributed by atoms with E-state index in [4.69, 9.17) is 9.84 Å². The number of hydrogen-bond donors (Lipinski definition) is 1. The number of ether oxygens (including phenoxy) is 1.